The van der Waals surface area contributed by atoms with Gasteiger partial charge >= 0.3 is 0 Å². The molecule has 0 radical (unpaired) electrons. The van der Waals surface area contributed by atoms with E-state index in [1.54, 1.807) is 43.3 Å². The molecule has 0 spiro atoms. The molecule has 0 saturated heterocycles. The summed E-state index contributed by atoms with van der Waals surface area (Å²) in [6, 6.07) is 12.9. The average molecular weight is 414 g/mol. The van der Waals surface area contributed by atoms with Crippen LogP contribution < -0.4 is 15.5 Å². The Kier molecular flexibility index (Phi) is 6.56. The van der Waals surface area contributed by atoms with Gasteiger partial charge in [-0.25, -0.2) is 18.2 Å². The molecule has 0 fully saturated rings. The smallest absolute Gasteiger partial charge is 0.228 e. The number of halogens is 3. The van der Waals surface area contributed by atoms with Crippen molar-refractivity contribution in [2.45, 2.75) is 13.0 Å². The summed E-state index contributed by atoms with van der Waals surface area (Å²) in [7, 11) is 3.58. The molecule has 3 rings (SSSR count). The van der Waals surface area contributed by atoms with Crippen molar-refractivity contribution in [3.8, 4) is 0 Å². The van der Waals surface area contributed by atoms with Crippen molar-refractivity contribution in [1.82, 2.24) is 4.98 Å². The van der Waals surface area contributed by atoms with Crippen LogP contribution in [-0.4, -0.2) is 25.0 Å². The summed E-state index contributed by atoms with van der Waals surface area (Å²) in [5, 5.41) is 5.91. The number of nitrogens with one attached hydrogen (secondary N) is 2. The highest BCUT2D eigenvalue weighted by Gasteiger charge is 2.13. The Morgan fingerprint density at radius 1 is 0.933 bits per heavy atom. The number of hydrogen-bond donors (Lipinski definition) is 2. The molecule has 2 aromatic carbocycles. The normalized spacial score (nSPS) is 10.6. The molecule has 1 amide bonds. The van der Waals surface area contributed by atoms with Gasteiger partial charge in [-0.15, -0.1) is 0 Å². The zero-order valence-corrected chi connectivity index (χ0v) is 16.5. The monoisotopic (exact) mass is 414 g/mol. The van der Waals surface area contributed by atoms with Crippen LogP contribution in [-0.2, 0) is 17.8 Å². The highest BCUT2D eigenvalue weighted by Crippen LogP contribution is 2.25. The van der Waals surface area contributed by atoms with E-state index in [1.165, 1.54) is 18.2 Å². The third kappa shape index (κ3) is 5.50. The summed E-state index contributed by atoms with van der Waals surface area (Å²) in [4.78, 5) is 18.6. The predicted octanol–water partition coefficient (Wildman–Crippen LogP) is 4.36. The summed E-state index contributed by atoms with van der Waals surface area (Å²) >= 11 is 0. The van der Waals surface area contributed by atoms with E-state index >= 15 is 0 Å². The maximum atomic E-state index is 13.3. The molecule has 5 nitrogen and oxygen atoms in total. The number of amides is 1. The van der Waals surface area contributed by atoms with E-state index in [0.717, 1.165) is 17.7 Å². The predicted molar refractivity (Wildman–Crippen MR) is 111 cm³/mol. The van der Waals surface area contributed by atoms with Gasteiger partial charge in [0.2, 0.25) is 5.91 Å². The first-order valence-electron chi connectivity index (χ1n) is 9.22. The lowest BCUT2D eigenvalue weighted by atomic mass is 10.1. The maximum absolute atomic E-state index is 13.3. The minimum Gasteiger partial charge on any atom is -0.366 e. The largest absolute Gasteiger partial charge is 0.366 e. The molecular weight excluding hydrogens is 393 g/mol. The molecule has 1 heterocycles. The van der Waals surface area contributed by atoms with Crippen LogP contribution in [0, 0.1) is 17.5 Å². The number of rotatable bonds is 7. The molecule has 0 aliphatic heterocycles. The van der Waals surface area contributed by atoms with Crippen LogP contribution in [0.4, 0.5) is 30.5 Å². The maximum Gasteiger partial charge on any atom is 0.228 e. The SMILES string of the molecule is CN(C)c1nc(NCc2ccc(F)cc2)ccc1NC(=O)Cc1ccc(F)c(F)c1. The second kappa shape index (κ2) is 9.30. The quantitative estimate of drug-likeness (QED) is 0.603. The molecule has 30 heavy (non-hydrogen) atoms. The molecule has 1 aromatic heterocycles. The van der Waals surface area contributed by atoms with Gasteiger partial charge in [0.25, 0.3) is 0 Å². The van der Waals surface area contributed by atoms with Crippen molar-refractivity contribution < 1.29 is 18.0 Å². The zero-order chi connectivity index (χ0) is 21.7. The number of carbonyl (C=O) groups is 1. The summed E-state index contributed by atoms with van der Waals surface area (Å²) in [6.45, 7) is 0.460. The number of aromatic nitrogens is 1. The van der Waals surface area contributed by atoms with Gasteiger partial charge < -0.3 is 15.5 Å². The van der Waals surface area contributed by atoms with Gasteiger partial charge in [-0.1, -0.05) is 18.2 Å². The van der Waals surface area contributed by atoms with Gasteiger partial charge in [0.15, 0.2) is 17.5 Å². The zero-order valence-electron chi connectivity index (χ0n) is 16.5. The van der Waals surface area contributed by atoms with Crippen molar-refractivity contribution in [2.24, 2.45) is 0 Å². The number of nitrogens with zero attached hydrogens (tertiary/aromatic N) is 2. The van der Waals surface area contributed by atoms with E-state index in [1.807, 2.05) is 0 Å². The van der Waals surface area contributed by atoms with E-state index in [-0.39, 0.29) is 18.1 Å². The number of carbonyl (C=O) groups excluding carboxylic acids is 1. The van der Waals surface area contributed by atoms with Gasteiger partial charge in [-0.2, -0.15) is 0 Å². The minimum atomic E-state index is -0.993. The Bertz CT molecular complexity index is 1040. The van der Waals surface area contributed by atoms with Crippen molar-refractivity contribution in [3.05, 3.63) is 83.2 Å². The van der Waals surface area contributed by atoms with Crippen LogP contribution in [0.25, 0.3) is 0 Å². The highest BCUT2D eigenvalue weighted by atomic mass is 19.2. The van der Waals surface area contributed by atoms with Gasteiger partial charge in [0.1, 0.15) is 11.6 Å². The third-order valence-corrected chi connectivity index (χ3v) is 4.31. The van der Waals surface area contributed by atoms with Crippen molar-refractivity contribution in [2.75, 3.05) is 29.6 Å². The lowest BCUT2D eigenvalue weighted by Gasteiger charge is -2.18. The number of hydrogen-bond acceptors (Lipinski definition) is 4. The Hall–Kier alpha value is -3.55. The van der Waals surface area contributed by atoms with Crippen LogP contribution in [0.1, 0.15) is 11.1 Å². The second-order valence-electron chi connectivity index (χ2n) is 6.92. The summed E-state index contributed by atoms with van der Waals surface area (Å²) < 4.78 is 39.4. The van der Waals surface area contributed by atoms with E-state index in [0.29, 0.717) is 29.4 Å². The van der Waals surface area contributed by atoms with E-state index in [4.69, 9.17) is 0 Å². The first-order valence-corrected chi connectivity index (χ1v) is 9.22. The molecule has 0 atom stereocenters. The average Bonchev–Trinajstić information content (AvgIpc) is 2.71. The van der Waals surface area contributed by atoms with Gasteiger partial charge in [-0.3, -0.25) is 4.79 Å². The standard InChI is InChI=1S/C22H21F3N4O/c1-29(2)22-19(27-21(30)12-15-5-8-17(24)18(25)11-15)9-10-20(28-22)26-13-14-3-6-16(23)7-4-14/h3-11H,12-13H2,1-2H3,(H,26,28)(H,27,30). The number of pyridine rings is 1. The molecule has 8 heteroatoms. The van der Waals surface area contributed by atoms with Gasteiger partial charge in [0.05, 0.1) is 12.1 Å². The summed E-state index contributed by atoms with van der Waals surface area (Å²) in [6.07, 6.45) is -0.103. The molecule has 156 valence electrons. The van der Waals surface area contributed by atoms with Gasteiger partial charge in [-0.05, 0) is 47.5 Å². The van der Waals surface area contributed by atoms with Crippen LogP contribution in [0.3, 0.4) is 0 Å². The summed E-state index contributed by atoms with van der Waals surface area (Å²) in [5.74, 6) is -1.51. The highest BCUT2D eigenvalue weighted by molar-refractivity contribution is 5.95. The van der Waals surface area contributed by atoms with Crippen LogP contribution in [0.2, 0.25) is 0 Å². The lowest BCUT2D eigenvalue weighted by molar-refractivity contribution is -0.115. The minimum absolute atomic E-state index is 0.103. The van der Waals surface area contributed by atoms with Crippen molar-refractivity contribution in [1.29, 1.82) is 0 Å². The van der Waals surface area contributed by atoms with Crippen molar-refractivity contribution >= 4 is 23.2 Å². The fourth-order valence-corrected chi connectivity index (χ4v) is 2.81. The molecule has 0 aliphatic carbocycles. The second-order valence-corrected chi connectivity index (χ2v) is 6.92. The topological polar surface area (TPSA) is 57.3 Å². The number of anilines is 3. The van der Waals surface area contributed by atoms with Gasteiger partial charge in [0, 0.05) is 20.6 Å². The first-order chi connectivity index (χ1) is 14.3. The lowest BCUT2D eigenvalue weighted by Crippen LogP contribution is -2.19. The van der Waals surface area contributed by atoms with Crippen molar-refractivity contribution in [3.63, 3.8) is 0 Å². The molecular formula is C22H21F3N4O. The van der Waals surface area contributed by atoms with Crippen LogP contribution in [0.15, 0.2) is 54.6 Å². The Morgan fingerprint density at radius 3 is 2.30 bits per heavy atom. The third-order valence-electron chi connectivity index (χ3n) is 4.31. The van der Waals surface area contributed by atoms with Crippen LogP contribution in [0.5, 0.6) is 0 Å². The number of benzene rings is 2. The van der Waals surface area contributed by atoms with Crippen LogP contribution >= 0.6 is 0 Å². The first kappa shape index (κ1) is 21.2. The summed E-state index contributed by atoms with van der Waals surface area (Å²) in [5.41, 5.74) is 1.75. The Balaban J connectivity index is 1.68. The molecule has 3 aromatic rings. The fourth-order valence-electron chi connectivity index (χ4n) is 2.81. The Morgan fingerprint density at radius 2 is 1.63 bits per heavy atom. The molecule has 0 bridgehead atoms. The molecule has 2 N–H and O–H groups in total. The molecule has 0 aliphatic rings. The Labute approximate surface area is 172 Å². The van der Waals surface area contributed by atoms with E-state index in [9.17, 15) is 18.0 Å². The molecule has 0 unspecified atom stereocenters. The van der Waals surface area contributed by atoms with E-state index < -0.39 is 11.6 Å². The molecule has 0 saturated carbocycles. The van der Waals surface area contributed by atoms with E-state index in [2.05, 4.69) is 15.6 Å². The fraction of sp³-hybridized carbons (Fsp3) is 0.182.